The van der Waals surface area contributed by atoms with Gasteiger partial charge in [0.15, 0.2) is 5.69 Å². The van der Waals surface area contributed by atoms with Crippen LogP contribution in [0.15, 0.2) is 65.5 Å². The molecule has 0 radical (unpaired) electrons. The highest BCUT2D eigenvalue weighted by Crippen LogP contribution is 2.13. The molecule has 1 heterocycles. The summed E-state index contributed by atoms with van der Waals surface area (Å²) in [5.74, 6) is -1.18. The Morgan fingerprint density at radius 3 is 2.46 bits per heavy atom. The van der Waals surface area contributed by atoms with Crippen LogP contribution in [-0.4, -0.2) is 22.7 Å². The highest BCUT2D eigenvalue weighted by atomic mass is 19.1. The number of benzene rings is 2. The van der Waals surface area contributed by atoms with Crippen molar-refractivity contribution in [3.05, 3.63) is 88.1 Å². The van der Waals surface area contributed by atoms with E-state index in [1.165, 1.54) is 27.9 Å². The molecule has 0 spiro atoms. The average Bonchev–Trinajstić information content (AvgIpc) is 2.63. The van der Waals surface area contributed by atoms with Gasteiger partial charge in [0.05, 0.1) is 5.69 Å². The van der Waals surface area contributed by atoms with Gasteiger partial charge in [-0.05, 0) is 31.2 Å². The number of amides is 1. The molecule has 1 amide bonds. The molecule has 6 nitrogen and oxygen atoms in total. The van der Waals surface area contributed by atoms with Crippen LogP contribution in [0.25, 0.3) is 5.69 Å². The Kier molecular flexibility index (Phi) is 4.79. The number of hydrazine groups is 1. The van der Waals surface area contributed by atoms with Crippen molar-refractivity contribution in [3.8, 4) is 5.69 Å². The molecule has 0 atom stereocenters. The molecule has 0 aliphatic rings. The van der Waals surface area contributed by atoms with Crippen LogP contribution >= 0.6 is 0 Å². The Balaban J connectivity index is 1.95. The number of hydrogen-bond donors (Lipinski definition) is 1. The van der Waals surface area contributed by atoms with Crippen LogP contribution in [-0.2, 0) is 0 Å². The van der Waals surface area contributed by atoms with Crippen LogP contribution in [0.2, 0.25) is 0 Å². The predicted octanol–water partition coefficient (Wildman–Crippen LogP) is 2.46. The smallest absolute Gasteiger partial charge is 0.288 e. The molecule has 0 fully saturated rings. The van der Waals surface area contributed by atoms with E-state index < -0.39 is 17.2 Å². The lowest BCUT2D eigenvalue weighted by Crippen LogP contribution is -2.42. The minimum absolute atomic E-state index is 0.162. The number of aromatic nitrogens is 2. The van der Waals surface area contributed by atoms with E-state index in [1.54, 1.807) is 38.2 Å². The fourth-order valence-corrected chi connectivity index (χ4v) is 2.49. The fraction of sp³-hybridized carbons (Fsp3) is 0.105. The minimum Gasteiger partial charge on any atom is -0.288 e. The molecule has 0 saturated carbocycles. The van der Waals surface area contributed by atoms with Crippen molar-refractivity contribution in [2.75, 3.05) is 12.1 Å². The van der Waals surface area contributed by atoms with Gasteiger partial charge in [-0.3, -0.25) is 20.0 Å². The van der Waals surface area contributed by atoms with Crippen LogP contribution in [0, 0.1) is 12.7 Å². The van der Waals surface area contributed by atoms with E-state index >= 15 is 0 Å². The maximum atomic E-state index is 14.1. The van der Waals surface area contributed by atoms with Crippen molar-refractivity contribution < 1.29 is 9.18 Å². The molecule has 1 aromatic heterocycles. The van der Waals surface area contributed by atoms with Crippen molar-refractivity contribution in [1.29, 1.82) is 0 Å². The summed E-state index contributed by atoms with van der Waals surface area (Å²) in [6.45, 7) is 1.62. The van der Waals surface area contributed by atoms with Gasteiger partial charge in [-0.25, -0.2) is 9.07 Å². The van der Waals surface area contributed by atoms with Crippen molar-refractivity contribution in [2.45, 2.75) is 6.92 Å². The number of nitrogens with zero attached hydrogens (tertiary/aromatic N) is 3. The molecule has 0 saturated heterocycles. The molecule has 0 aliphatic carbocycles. The van der Waals surface area contributed by atoms with Crippen molar-refractivity contribution >= 4 is 11.6 Å². The highest BCUT2D eigenvalue weighted by Gasteiger charge is 2.18. The Bertz CT molecular complexity index is 1000. The number of aryl methyl sites for hydroxylation is 1. The molecule has 7 heteroatoms. The lowest BCUT2D eigenvalue weighted by Gasteiger charge is -2.20. The zero-order chi connectivity index (χ0) is 18.7. The molecular weight excluding hydrogens is 335 g/mol. The number of carbonyl (C=O) groups excluding carboxylic acids is 1. The number of para-hydroxylation sites is 2. The molecule has 3 rings (SSSR count). The highest BCUT2D eigenvalue weighted by molar-refractivity contribution is 5.93. The standard InChI is InChI=1S/C19H17FN4O2/c1-13-12-17(25)18(21-24(13)16-11-7-6-10-15(16)20)19(26)22-23(2)14-8-4-3-5-9-14/h3-12H,1-2H3,(H,22,26). The van der Waals surface area contributed by atoms with E-state index in [9.17, 15) is 14.0 Å². The average molecular weight is 352 g/mol. The second-order valence-electron chi connectivity index (χ2n) is 5.70. The minimum atomic E-state index is -0.675. The molecule has 0 unspecified atom stereocenters. The van der Waals surface area contributed by atoms with E-state index in [0.29, 0.717) is 5.69 Å². The van der Waals surface area contributed by atoms with Gasteiger partial charge in [-0.2, -0.15) is 5.10 Å². The first-order valence-electron chi connectivity index (χ1n) is 7.93. The van der Waals surface area contributed by atoms with Gasteiger partial charge in [0.2, 0.25) is 5.43 Å². The number of rotatable bonds is 4. The maximum Gasteiger partial charge on any atom is 0.294 e. The fourth-order valence-electron chi connectivity index (χ4n) is 2.49. The lowest BCUT2D eigenvalue weighted by molar-refractivity contribution is 0.0943. The monoisotopic (exact) mass is 352 g/mol. The lowest BCUT2D eigenvalue weighted by atomic mass is 10.2. The van der Waals surface area contributed by atoms with Gasteiger partial charge in [-0.1, -0.05) is 30.3 Å². The van der Waals surface area contributed by atoms with Gasteiger partial charge in [0.1, 0.15) is 11.5 Å². The van der Waals surface area contributed by atoms with Crippen molar-refractivity contribution in [3.63, 3.8) is 0 Å². The van der Waals surface area contributed by atoms with Gasteiger partial charge >= 0.3 is 0 Å². The zero-order valence-corrected chi connectivity index (χ0v) is 14.3. The molecule has 3 aromatic rings. The van der Waals surface area contributed by atoms with Crippen LogP contribution in [0.4, 0.5) is 10.1 Å². The van der Waals surface area contributed by atoms with Crippen LogP contribution in [0.5, 0.6) is 0 Å². The van der Waals surface area contributed by atoms with Gasteiger partial charge in [-0.15, -0.1) is 0 Å². The summed E-state index contributed by atoms with van der Waals surface area (Å²) in [7, 11) is 1.65. The third-order valence-electron chi connectivity index (χ3n) is 3.82. The zero-order valence-electron chi connectivity index (χ0n) is 14.3. The van der Waals surface area contributed by atoms with Crippen LogP contribution < -0.4 is 15.9 Å². The van der Waals surface area contributed by atoms with E-state index in [2.05, 4.69) is 10.5 Å². The van der Waals surface area contributed by atoms with E-state index in [-0.39, 0.29) is 11.4 Å². The molecular formula is C19H17FN4O2. The Morgan fingerprint density at radius 2 is 1.77 bits per heavy atom. The van der Waals surface area contributed by atoms with E-state index in [4.69, 9.17) is 0 Å². The second kappa shape index (κ2) is 7.18. The number of anilines is 1. The summed E-state index contributed by atoms with van der Waals surface area (Å²) in [6, 6.07) is 16.4. The van der Waals surface area contributed by atoms with Crippen LogP contribution in [0.3, 0.4) is 0 Å². The molecule has 26 heavy (non-hydrogen) atoms. The number of nitrogens with one attached hydrogen (secondary N) is 1. The second-order valence-corrected chi connectivity index (χ2v) is 5.70. The Labute approximate surface area is 149 Å². The quantitative estimate of drug-likeness (QED) is 0.733. The van der Waals surface area contributed by atoms with Gasteiger partial charge in [0.25, 0.3) is 5.91 Å². The number of carbonyl (C=O) groups is 1. The third kappa shape index (κ3) is 3.46. The predicted molar refractivity (Wildman–Crippen MR) is 96.8 cm³/mol. The molecule has 1 N–H and O–H groups in total. The summed E-state index contributed by atoms with van der Waals surface area (Å²) in [5.41, 5.74) is 3.06. The summed E-state index contributed by atoms with van der Waals surface area (Å²) in [6.07, 6.45) is 0. The Hall–Kier alpha value is -3.48. The summed E-state index contributed by atoms with van der Waals surface area (Å²) < 4.78 is 15.3. The van der Waals surface area contributed by atoms with Gasteiger partial charge in [0, 0.05) is 18.8 Å². The van der Waals surface area contributed by atoms with E-state index in [0.717, 1.165) is 5.69 Å². The summed E-state index contributed by atoms with van der Waals surface area (Å²) in [4.78, 5) is 24.7. The third-order valence-corrected chi connectivity index (χ3v) is 3.82. The van der Waals surface area contributed by atoms with Gasteiger partial charge < -0.3 is 0 Å². The van der Waals surface area contributed by atoms with Crippen molar-refractivity contribution in [2.24, 2.45) is 0 Å². The largest absolute Gasteiger partial charge is 0.294 e. The molecule has 0 aliphatic heterocycles. The maximum absolute atomic E-state index is 14.1. The first-order valence-corrected chi connectivity index (χ1v) is 7.93. The molecule has 0 bridgehead atoms. The Morgan fingerprint density at radius 1 is 1.12 bits per heavy atom. The van der Waals surface area contributed by atoms with E-state index in [1.807, 2.05) is 18.2 Å². The summed E-state index contributed by atoms with van der Waals surface area (Å²) >= 11 is 0. The molecule has 132 valence electrons. The first kappa shape index (κ1) is 17.3. The number of hydrogen-bond acceptors (Lipinski definition) is 4. The molecule has 2 aromatic carbocycles. The number of halogens is 1. The normalized spacial score (nSPS) is 10.4. The topological polar surface area (TPSA) is 67.2 Å². The van der Waals surface area contributed by atoms with Crippen molar-refractivity contribution in [1.82, 2.24) is 15.2 Å². The SMILES string of the molecule is Cc1cc(=O)c(C(=O)NN(C)c2ccccc2)nn1-c1ccccc1F. The summed E-state index contributed by atoms with van der Waals surface area (Å²) in [5, 5.41) is 5.56. The van der Waals surface area contributed by atoms with Crippen LogP contribution in [0.1, 0.15) is 16.2 Å². The first-order chi connectivity index (χ1) is 12.5.